The van der Waals surface area contributed by atoms with Crippen LogP contribution in [0.3, 0.4) is 0 Å². The number of halogens is 2. The first-order valence-electron chi connectivity index (χ1n) is 7.29. The van der Waals surface area contributed by atoms with Crippen LogP contribution in [-0.2, 0) is 6.61 Å². The number of benzene rings is 2. The summed E-state index contributed by atoms with van der Waals surface area (Å²) in [5.74, 6) is 0.589. The van der Waals surface area contributed by atoms with Crippen molar-refractivity contribution in [1.29, 1.82) is 0 Å². The van der Waals surface area contributed by atoms with Gasteiger partial charge in [0.25, 0.3) is 0 Å². The van der Waals surface area contributed by atoms with E-state index in [9.17, 15) is 4.39 Å². The van der Waals surface area contributed by atoms with E-state index in [1.165, 1.54) is 36.6 Å². The van der Waals surface area contributed by atoms with Crippen molar-refractivity contribution in [3.05, 3.63) is 71.0 Å². The minimum atomic E-state index is -0.295. The molecule has 0 unspecified atom stereocenters. The van der Waals surface area contributed by atoms with Gasteiger partial charge >= 0.3 is 0 Å². The van der Waals surface area contributed by atoms with Gasteiger partial charge in [0.2, 0.25) is 0 Å². The summed E-state index contributed by atoms with van der Waals surface area (Å²) in [6.07, 6.45) is 4.53. The summed E-state index contributed by atoms with van der Waals surface area (Å²) in [4.78, 5) is 0. The van der Waals surface area contributed by atoms with Crippen LogP contribution in [0.5, 0.6) is 11.5 Å². The van der Waals surface area contributed by atoms with E-state index in [1.807, 2.05) is 0 Å². The van der Waals surface area contributed by atoms with Crippen molar-refractivity contribution in [1.82, 2.24) is 14.9 Å². The molecule has 0 aliphatic rings. The predicted molar refractivity (Wildman–Crippen MR) is 91.8 cm³/mol. The fourth-order valence-corrected chi connectivity index (χ4v) is 2.35. The van der Waals surface area contributed by atoms with Gasteiger partial charge in [0, 0.05) is 0 Å². The van der Waals surface area contributed by atoms with Gasteiger partial charge in [-0.25, -0.2) is 9.07 Å². The summed E-state index contributed by atoms with van der Waals surface area (Å²) in [5, 5.41) is 11.9. The second-order valence-corrected chi connectivity index (χ2v) is 5.44. The van der Waals surface area contributed by atoms with Gasteiger partial charge in [-0.1, -0.05) is 23.7 Å². The number of hydrogen-bond acceptors (Lipinski definition) is 5. The molecule has 0 aliphatic heterocycles. The SMILES string of the molecule is COc1cc(C=Nn2cnnc2)cc(Cl)c1OCc1ccc(F)cc1. The van der Waals surface area contributed by atoms with Gasteiger partial charge in [-0.05, 0) is 35.4 Å². The van der Waals surface area contributed by atoms with Gasteiger partial charge in [-0.3, -0.25) is 0 Å². The largest absolute Gasteiger partial charge is 0.493 e. The minimum Gasteiger partial charge on any atom is -0.493 e. The molecule has 0 aliphatic carbocycles. The fourth-order valence-electron chi connectivity index (χ4n) is 2.08. The lowest BCUT2D eigenvalue weighted by Gasteiger charge is -2.13. The Kier molecular flexibility index (Phi) is 5.25. The van der Waals surface area contributed by atoms with Crippen LogP contribution in [0, 0.1) is 5.82 Å². The Hall–Kier alpha value is -2.93. The molecule has 0 spiro atoms. The Morgan fingerprint density at radius 1 is 1.20 bits per heavy atom. The molecule has 128 valence electrons. The minimum absolute atomic E-state index is 0.241. The maximum atomic E-state index is 12.9. The van der Waals surface area contributed by atoms with E-state index in [1.54, 1.807) is 30.5 Å². The smallest absolute Gasteiger partial charge is 0.180 e. The van der Waals surface area contributed by atoms with Gasteiger partial charge in [0.1, 0.15) is 25.1 Å². The molecule has 3 rings (SSSR count). The maximum Gasteiger partial charge on any atom is 0.180 e. The standard InChI is InChI=1S/C17H14ClFN4O2/c1-24-16-7-13(8-22-23-10-20-21-11-23)6-15(18)17(16)25-9-12-2-4-14(19)5-3-12/h2-8,10-11H,9H2,1H3. The van der Waals surface area contributed by atoms with Crippen LogP contribution >= 0.6 is 11.6 Å². The highest BCUT2D eigenvalue weighted by Gasteiger charge is 2.12. The highest BCUT2D eigenvalue weighted by Crippen LogP contribution is 2.36. The molecular weight excluding hydrogens is 347 g/mol. The Morgan fingerprint density at radius 3 is 2.60 bits per heavy atom. The number of methoxy groups -OCH3 is 1. The lowest BCUT2D eigenvalue weighted by Crippen LogP contribution is -2.00. The monoisotopic (exact) mass is 360 g/mol. The molecule has 3 aromatic rings. The molecule has 0 fully saturated rings. The summed E-state index contributed by atoms with van der Waals surface area (Å²) >= 11 is 6.31. The maximum absolute atomic E-state index is 12.9. The molecule has 0 saturated heterocycles. The molecule has 0 saturated carbocycles. The Balaban J connectivity index is 1.78. The number of hydrogen-bond donors (Lipinski definition) is 0. The van der Waals surface area contributed by atoms with Crippen molar-refractivity contribution in [3.8, 4) is 11.5 Å². The zero-order valence-corrected chi connectivity index (χ0v) is 14.0. The summed E-state index contributed by atoms with van der Waals surface area (Å²) in [5.41, 5.74) is 1.54. The number of ether oxygens (including phenoxy) is 2. The van der Waals surface area contributed by atoms with Crippen molar-refractivity contribution >= 4 is 17.8 Å². The summed E-state index contributed by atoms with van der Waals surface area (Å²) < 4.78 is 25.5. The number of rotatable bonds is 6. The molecule has 25 heavy (non-hydrogen) atoms. The van der Waals surface area contributed by atoms with Crippen LogP contribution in [0.25, 0.3) is 0 Å². The van der Waals surface area contributed by atoms with E-state index in [-0.39, 0.29) is 12.4 Å². The first-order chi connectivity index (χ1) is 12.2. The molecule has 8 heteroatoms. The van der Waals surface area contributed by atoms with Gasteiger partial charge < -0.3 is 9.47 Å². The molecule has 2 aromatic carbocycles. The first kappa shape index (κ1) is 16.9. The molecule has 1 heterocycles. The zero-order valence-electron chi connectivity index (χ0n) is 13.3. The molecule has 0 amide bonds. The number of aromatic nitrogens is 3. The van der Waals surface area contributed by atoms with E-state index in [0.29, 0.717) is 16.5 Å². The van der Waals surface area contributed by atoms with Crippen LogP contribution < -0.4 is 9.47 Å². The molecular formula is C17H14ClFN4O2. The van der Waals surface area contributed by atoms with Crippen molar-refractivity contribution in [2.45, 2.75) is 6.61 Å². The van der Waals surface area contributed by atoms with E-state index in [2.05, 4.69) is 15.3 Å². The number of nitrogens with zero attached hydrogens (tertiary/aromatic N) is 4. The topological polar surface area (TPSA) is 61.5 Å². The predicted octanol–water partition coefficient (Wildman–Crippen LogP) is 3.54. The average Bonchev–Trinajstić information content (AvgIpc) is 3.13. The first-order valence-corrected chi connectivity index (χ1v) is 7.67. The lowest BCUT2D eigenvalue weighted by atomic mass is 10.2. The molecule has 1 aromatic heterocycles. The summed E-state index contributed by atoms with van der Waals surface area (Å²) in [6.45, 7) is 0.241. The molecule has 0 bridgehead atoms. The second kappa shape index (κ2) is 7.76. The Bertz CT molecular complexity index is 867. The van der Waals surface area contributed by atoms with Gasteiger partial charge in [-0.15, -0.1) is 10.2 Å². The van der Waals surface area contributed by atoms with E-state index in [4.69, 9.17) is 21.1 Å². The van der Waals surface area contributed by atoms with Crippen molar-refractivity contribution in [3.63, 3.8) is 0 Å². The highest BCUT2D eigenvalue weighted by molar-refractivity contribution is 6.32. The fraction of sp³-hybridized carbons (Fsp3) is 0.118. The van der Waals surface area contributed by atoms with E-state index < -0.39 is 0 Å². The normalized spacial score (nSPS) is 11.0. The summed E-state index contributed by atoms with van der Waals surface area (Å²) in [6, 6.07) is 9.51. The molecule has 0 atom stereocenters. The van der Waals surface area contributed by atoms with Crippen LogP contribution in [0.15, 0.2) is 54.2 Å². The Labute approximate surface area is 148 Å². The third-order valence-corrected chi connectivity index (χ3v) is 3.58. The van der Waals surface area contributed by atoms with Gasteiger partial charge in [0.15, 0.2) is 11.5 Å². The second-order valence-electron chi connectivity index (χ2n) is 5.04. The van der Waals surface area contributed by atoms with Crippen LogP contribution in [-0.4, -0.2) is 28.2 Å². The Morgan fingerprint density at radius 2 is 1.92 bits per heavy atom. The van der Waals surface area contributed by atoms with Crippen LogP contribution in [0.2, 0.25) is 5.02 Å². The van der Waals surface area contributed by atoms with E-state index in [0.717, 1.165) is 11.1 Å². The average molecular weight is 361 g/mol. The van der Waals surface area contributed by atoms with Crippen molar-refractivity contribution < 1.29 is 13.9 Å². The lowest BCUT2D eigenvalue weighted by molar-refractivity contribution is 0.284. The van der Waals surface area contributed by atoms with Crippen molar-refractivity contribution in [2.24, 2.45) is 5.10 Å². The van der Waals surface area contributed by atoms with Gasteiger partial charge in [-0.2, -0.15) is 5.10 Å². The summed E-state index contributed by atoms with van der Waals surface area (Å²) in [7, 11) is 1.52. The quantitative estimate of drug-likeness (QED) is 0.631. The van der Waals surface area contributed by atoms with Gasteiger partial charge in [0.05, 0.1) is 18.3 Å². The third-order valence-electron chi connectivity index (χ3n) is 3.29. The van der Waals surface area contributed by atoms with Crippen LogP contribution in [0.4, 0.5) is 4.39 Å². The molecule has 6 nitrogen and oxygen atoms in total. The van der Waals surface area contributed by atoms with Crippen molar-refractivity contribution in [2.75, 3.05) is 7.11 Å². The molecule has 0 N–H and O–H groups in total. The highest BCUT2D eigenvalue weighted by atomic mass is 35.5. The third kappa shape index (κ3) is 4.33. The van der Waals surface area contributed by atoms with Crippen LogP contribution in [0.1, 0.15) is 11.1 Å². The molecule has 0 radical (unpaired) electrons. The zero-order chi connectivity index (χ0) is 17.6. The van der Waals surface area contributed by atoms with E-state index >= 15 is 0 Å².